The topological polar surface area (TPSA) is 105 Å². The Morgan fingerprint density at radius 1 is 1.09 bits per heavy atom. The molecule has 0 aliphatic carbocycles. The Kier molecular flexibility index (Phi) is 5.95. The number of carbonyl (C=O) groups is 2. The third-order valence-electron chi connectivity index (χ3n) is 4.78. The van der Waals surface area contributed by atoms with E-state index in [9.17, 15) is 9.59 Å². The number of aromatic nitrogens is 1. The number of rotatable bonds is 6. The Hall–Kier alpha value is -4.44. The zero-order chi connectivity index (χ0) is 22.5. The minimum Gasteiger partial charge on any atom is -0.460 e. The van der Waals surface area contributed by atoms with E-state index in [-0.39, 0.29) is 0 Å². The molecular weight excluding hydrogens is 406 g/mol. The van der Waals surface area contributed by atoms with E-state index in [2.05, 4.69) is 16.4 Å². The smallest absolute Gasteiger partial charge is 0.339 e. The lowest BCUT2D eigenvalue weighted by Crippen LogP contribution is -2.21. The maximum atomic E-state index is 12.8. The van der Waals surface area contributed by atoms with Crippen LogP contribution in [-0.4, -0.2) is 23.5 Å². The summed E-state index contributed by atoms with van der Waals surface area (Å²) in [6.45, 7) is 1.39. The quantitative estimate of drug-likeness (QED) is 0.450. The summed E-state index contributed by atoms with van der Waals surface area (Å²) in [7, 11) is 0. The van der Waals surface area contributed by atoms with Crippen molar-refractivity contribution in [3.8, 4) is 17.5 Å². The van der Waals surface area contributed by atoms with Gasteiger partial charge in [0.15, 0.2) is 12.4 Å². The molecule has 0 saturated heterocycles. The van der Waals surface area contributed by atoms with Crippen molar-refractivity contribution in [2.45, 2.75) is 13.3 Å². The standard InChI is InChI=1S/C25H19N3O4/c1-16-6-11-23(32-16)22-14-20(19-4-2-3-5-21(19)28-22)25(30)31-15-24(29)27-18-9-7-17(8-10-18)12-13-26/h2-11,14H,12,15H2,1H3,(H,27,29). The fraction of sp³-hybridized carbons (Fsp3) is 0.120. The van der Waals surface area contributed by atoms with E-state index in [0.29, 0.717) is 40.0 Å². The number of nitrogens with one attached hydrogen (secondary N) is 1. The fourth-order valence-electron chi connectivity index (χ4n) is 3.25. The Labute approximate surface area is 184 Å². The van der Waals surface area contributed by atoms with Crippen molar-refractivity contribution < 1.29 is 18.7 Å². The van der Waals surface area contributed by atoms with Crippen molar-refractivity contribution in [2.75, 3.05) is 11.9 Å². The summed E-state index contributed by atoms with van der Waals surface area (Å²) in [6, 6.07) is 21.4. The van der Waals surface area contributed by atoms with Crippen molar-refractivity contribution in [2.24, 2.45) is 0 Å². The number of nitriles is 1. The minimum absolute atomic E-state index is 0.297. The lowest BCUT2D eigenvalue weighted by atomic mass is 10.1. The van der Waals surface area contributed by atoms with E-state index in [4.69, 9.17) is 14.4 Å². The normalized spacial score (nSPS) is 10.5. The van der Waals surface area contributed by atoms with Crippen molar-refractivity contribution in [1.82, 2.24) is 4.98 Å². The molecule has 0 saturated carbocycles. The monoisotopic (exact) mass is 425 g/mol. The predicted molar refractivity (Wildman–Crippen MR) is 119 cm³/mol. The van der Waals surface area contributed by atoms with E-state index in [1.54, 1.807) is 54.6 Å². The summed E-state index contributed by atoms with van der Waals surface area (Å²) in [5, 5.41) is 12.0. The maximum absolute atomic E-state index is 12.8. The van der Waals surface area contributed by atoms with Crippen LogP contribution in [0, 0.1) is 18.3 Å². The van der Waals surface area contributed by atoms with Gasteiger partial charge in [-0.2, -0.15) is 5.26 Å². The molecule has 1 amide bonds. The van der Waals surface area contributed by atoms with Crippen LogP contribution in [0.4, 0.5) is 5.69 Å². The molecule has 2 aromatic heterocycles. The zero-order valence-corrected chi connectivity index (χ0v) is 17.3. The first-order valence-corrected chi connectivity index (χ1v) is 9.93. The summed E-state index contributed by atoms with van der Waals surface area (Å²) in [5.41, 5.74) is 2.83. The summed E-state index contributed by atoms with van der Waals surface area (Å²) in [5.74, 6) is 0.176. The van der Waals surface area contributed by atoms with Gasteiger partial charge in [0.25, 0.3) is 5.91 Å². The SMILES string of the molecule is Cc1ccc(-c2cc(C(=O)OCC(=O)Nc3ccc(CC#N)cc3)c3ccccc3n2)o1. The molecule has 7 heteroatoms. The average Bonchev–Trinajstić information content (AvgIpc) is 3.24. The van der Waals surface area contributed by atoms with Crippen molar-refractivity contribution >= 4 is 28.5 Å². The molecule has 0 aliphatic rings. The second-order valence-electron chi connectivity index (χ2n) is 7.14. The highest BCUT2D eigenvalue weighted by Crippen LogP contribution is 2.26. The molecule has 0 unspecified atom stereocenters. The lowest BCUT2D eigenvalue weighted by molar-refractivity contribution is -0.119. The van der Waals surface area contributed by atoms with Crippen LogP contribution < -0.4 is 5.32 Å². The third kappa shape index (κ3) is 4.65. The van der Waals surface area contributed by atoms with Crippen molar-refractivity contribution in [3.05, 3.63) is 83.6 Å². The van der Waals surface area contributed by atoms with E-state index < -0.39 is 18.5 Å². The third-order valence-corrected chi connectivity index (χ3v) is 4.78. The van der Waals surface area contributed by atoms with Gasteiger partial charge in [-0.25, -0.2) is 9.78 Å². The number of aryl methyl sites for hydroxylation is 1. The van der Waals surface area contributed by atoms with Crippen LogP contribution in [0.5, 0.6) is 0 Å². The van der Waals surface area contributed by atoms with Crippen LogP contribution in [-0.2, 0) is 16.0 Å². The minimum atomic E-state index is -0.632. The van der Waals surface area contributed by atoms with Gasteiger partial charge in [0.05, 0.1) is 23.6 Å². The summed E-state index contributed by atoms with van der Waals surface area (Å²) in [6.07, 6.45) is 0.297. The highest BCUT2D eigenvalue weighted by Gasteiger charge is 2.17. The predicted octanol–water partition coefficient (Wildman–Crippen LogP) is 4.66. The Balaban J connectivity index is 1.49. The lowest BCUT2D eigenvalue weighted by Gasteiger charge is -2.10. The number of fused-ring (bicyclic) bond motifs is 1. The highest BCUT2D eigenvalue weighted by molar-refractivity contribution is 6.05. The first-order valence-electron chi connectivity index (χ1n) is 9.93. The fourth-order valence-corrected chi connectivity index (χ4v) is 3.25. The first-order chi connectivity index (χ1) is 15.5. The summed E-state index contributed by atoms with van der Waals surface area (Å²) >= 11 is 0. The maximum Gasteiger partial charge on any atom is 0.339 e. The number of carbonyl (C=O) groups excluding carboxylic acids is 2. The number of furan rings is 1. The molecule has 7 nitrogen and oxygen atoms in total. The molecule has 1 N–H and O–H groups in total. The van der Waals surface area contributed by atoms with Crippen LogP contribution in [0.15, 0.2) is 71.1 Å². The number of ether oxygens (including phenoxy) is 1. The number of pyridine rings is 1. The van der Waals surface area contributed by atoms with E-state index in [1.807, 2.05) is 19.1 Å². The molecule has 2 heterocycles. The van der Waals surface area contributed by atoms with E-state index in [0.717, 1.165) is 11.3 Å². The molecule has 0 radical (unpaired) electrons. The van der Waals surface area contributed by atoms with Gasteiger partial charge in [-0.05, 0) is 48.9 Å². The van der Waals surface area contributed by atoms with E-state index in [1.165, 1.54) is 0 Å². The Bertz CT molecular complexity index is 1330. The van der Waals surface area contributed by atoms with Crippen LogP contribution in [0.25, 0.3) is 22.4 Å². The first kappa shape index (κ1) is 20.8. The van der Waals surface area contributed by atoms with Crippen LogP contribution in [0.2, 0.25) is 0 Å². The van der Waals surface area contributed by atoms with Gasteiger partial charge in [0.2, 0.25) is 0 Å². The second kappa shape index (κ2) is 9.14. The molecule has 4 aromatic rings. The van der Waals surface area contributed by atoms with Crippen molar-refractivity contribution in [1.29, 1.82) is 5.26 Å². The number of nitrogens with zero attached hydrogens (tertiary/aromatic N) is 2. The number of hydrogen-bond acceptors (Lipinski definition) is 6. The molecule has 2 aromatic carbocycles. The van der Waals surface area contributed by atoms with Gasteiger partial charge < -0.3 is 14.5 Å². The molecule has 0 bridgehead atoms. The zero-order valence-electron chi connectivity index (χ0n) is 17.3. The molecule has 0 atom stereocenters. The van der Waals surface area contributed by atoms with Crippen LogP contribution in [0.3, 0.4) is 0 Å². The molecule has 0 fully saturated rings. The molecule has 158 valence electrons. The number of benzene rings is 2. The van der Waals surface area contributed by atoms with E-state index >= 15 is 0 Å². The number of anilines is 1. The summed E-state index contributed by atoms with van der Waals surface area (Å²) < 4.78 is 10.9. The van der Waals surface area contributed by atoms with Gasteiger partial charge in [-0.1, -0.05) is 30.3 Å². The number of para-hydroxylation sites is 1. The number of hydrogen-bond donors (Lipinski definition) is 1. The molecule has 32 heavy (non-hydrogen) atoms. The van der Waals surface area contributed by atoms with Gasteiger partial charge in [-0.15, -0.1) is 0 Å². The average molecular weight is 425 g/mol. The highest BCUT2D eigenvalue weighted by atomic mass is 16.5. The van der Waals surface area contributed by atoms with Gasteiger partial charge >= 0.3 is 5.97 Å². The van der Waals surface area contributed by atoms with Gasteiger partial charge in [0, 0.05) is 11.1 Å². The van der Waals surface area contributed by atoms with Crippen LogP contribution >= 0.6 is 0 Å². The summed E-state index contributed by atoms with van der Waals surface area (Å²) in [4.78, 5) is 29.6. The second-order valence-corrected chi connectivity index (χ2v) is 7.14. The van der Waals surface area contributed by atoms with Crippen molar-refractivity contribution in [3.63, 3.8) is 0 Å². The van der Waals surface area contributed by atoms with Gasteiger partial charge in [0.1, 0.15) is 11.5 Å². The largest absolute Gasteiger partial charge is 0.460 e. The molecule has 4 rings (SSSR count). The number of esters is 1. The molecule has 0 aliphatic heterocycles. The molecular formula is C25H19N3O4. The molecule has 0 spiro atoms. The van der Waals surface area contributed by atoms with Gasteiger partial charge in [-0.3, -0.25) is 4.79 Å². The Morgan fingerprint density at radius 3 is 2.59 bits per heavy atom. The Morgan fingerprint density at radius 2 is 1.88 bits per heavy atom. The van der Waals surface area contributed by atoms with Crippen LogP contribution in [0.1, 0.15) is 21.7 Å². The number of amides is 1.